The number of nitrogens with zero attached hydrogens (tertiary/aromatic N) is 3. The normalized spacial score (nSPS) is 11.2. The first-order valence-corrected chi connectivity index (χ1v) is 9.72. The molecule has 150 valence electrons. The molecule has 0 atom stereocenters. The van der Waals surface area contributed by atoms with E-state index in [0.717, 1.165) is 44.8 Å². The van der Waals surface area contributed by atoms with Crippen LogP contribution in [0.3, 0.4) is 0 Å². The van der Waals surface area contributed by atoms with Gasteiger partial charge in [-0.25, -0.2) is 10.2 Å². The van der Waals surface area contributed by atoms with E-state index in [2.05, 4.69) is 50.5 Å². The number of amides is 2. The Hall–Kier alpha value is -3.93. The molecule has 2 aromatic carbocycles. The molecule has 0 aliphatic heterocycles. The molecule has 4 aromatic rings. The standard InChI is InChI=1S/C24H23N5O/c1-16-6-4-8-21(12-16)27-24(30)28-26-15-20-13-17(2)29(18(20)3)22-9-10-23-19(14-22)7-5-11-25-23/h4-15H,1-3H3,(H2,27,28,30)/b26-15+. The van der Waals surface area contributed by atoms with Crippen molar-refractivity contribution in [3.63, 3.8) is 0 Å². The third kappa shape index (κ3) is 4.07. The van der Waals surface area contributed by atoms with Crippen molar-refractivity contribution < 1.29 is 4.79 Å². The summed E-state index contributed by atoms with van der Waals surface area (Å²) in [6.07, 6.45) is 3.46. The number of nitrogens with one attached hydrogen (secondary N) is 2. The lowest BCUT2D eigenvalue weighted by molar-refractivity contribution is 0.252. The van der Waals surface area contributed by atoms with Crippen molar-refractivity contribution in [3.8, 4) is 5.69 Å². The van der Waals surface area contributed by atoms with Gasteiger partial charge < -0.3 is 9.88 Å². The number of aromatic nitrogens is 2. The lowest BCUT2D eigenvalue weighted by atomic mass is 10.2. The molecule has 0 saturated heterocycles. The first kappa shape index (κ1) is 19.4. The molecule has 6 heteroatoms. The molecule has 2 aromatic heterocycles. The molecule has 30 heavy (non-hydrogen) atoms. The number of hydrazone groups is 1. The second-order valence-electron chi connectivity index (χ2n) is 7.24. The Morgan fingerprint density at radius 2 is 1.90 bits per heavy atom. The van der Waals surface area contributed by atoms with Crippen LogP contribution < -0.4 is 10.7 Å². The van der Waals surface area contributed by atoms with Crippen LogP contribution in [0, 0.1) is 20.8 Å². The first-order chi connectivity index (χ1) is 14.5. The molecule has 0 spiro atoms. The Kier molecular flexibility index (Phi) is 5.30. The summed E-state index contributed by atoms with van der Waals surface area (Å²) in [5.41, 5.74) is 9.42. The number of fused-ring (bicyclic) bond motifs is 1. The highest BCUT2D eigenvalue weighted by Crippen LogP contribution is 2.23. The average Bonchev–Trinajstić information content (AvgIpc) is 3.01. The van der Waals surface area contributed by atoms with Crippen LogP contribution in [0.25, 0.3) is 16.6 Å². The smallest absolute Gasteiger partial charge is 0.318 e. The molecular weight excluding hydrogens is 374 g/mol. The number of aryl methyl sites for hydroxylation is 2. The maximum Gasteiger partial charge on any atom is 0.339 e. The number of hydrogen-bond acceptors (Lipinski definition) is 3. The minimum absolute atomic E-state index is 0.382. The van der Waals surface area contributed by atoms with Gasteiger partial charge >= 0.3 is 6.03 Å². The van der Waals surface area contributed by atoms with E-state index in [0.29, 0.717) is 0 Å². The number of urea groups is 1. The van der Waals surface area contributed by atoms with Crippen LogP contribution in [-0.2, 0) is 0 Å². The van der Waals surface area contributed by atoms with Gasteiger partial charge in [-0.2, -0.15) is 5.10 Å². The largest absolute Gasteiger partial charge is 0.339 e. The van der Waals surface area contributed by atoms with Crippen LogP contribution in [-0.4, -0.2) is 21.8 Å². The molecule has 0 radical (unpaired) electrons. The molecule has 6 nitrogen and oxygen atoms in total. The highest BCUT2D eigenvalue weighted by atomic mass is 16.2. The zero-order chi connectivity index (χ0) is 21.1. The van der Waals surface area contributed by atoms with Gasteiger partial charge in [0, 0.05) is 39.9 Å². The molecule has 0 aliphatic rings. The number of rotatable bonds is 4. The van der Waals surface area contributed by atoms with Gasteiger partial charge in [-0.15, -0.1) is 0 Å². The Bertz CT molecular complexity index is 1260. The van der Waals surface area contributed by atoms with Gasteiger partial charge in [-0.1, -0.05) is 18.2 Å². The van der Waals surface area contributed by atoms with Crippen LogP contribution in [0.2, 0.25) is 0 Å². The van der Waals surface area contributed by atoms with E-state index < -0.39 is 0 Å². The van der Waals surface area contributed by atoms with Crippen LogP contribution in [0.4, 0.5) is 10.5 Å². The number of benzene rings is 2. The number of hydrogen-bond donors (Lipinski definition) is 2. The zero-order valence-corrected chi connectivity index (χ0v) is 17.2. The summed E-state index contributed by atoms with van der Waals surface area (Å²) in [6.45, 7) is 6.06. The summed E-state index contributed by atoms with van der Waals surface area (Å²) in [5, 5.41) is 7.97. The van der Waals surface area contributed by atoms with Crippen LogP contribution in [0.1, 0.15) is 22.5 Å². The summed E-state index contributed by atoms with van der Waals surface area (Å²) in [5.74, 6) is 0. The van der Waals surface area contributed by atoms with Gasteiger partial charge in [0.15, 0.2) is 0 Å². The third-order valence-corrected chi connectivity index (χ3v) is 4.96. The minimum Gasteiger partial charge on any atom is -0.318 e. The number of carbonyl (C=O) groups is 1. The summed E-state index contributed by atoms with van der Waals surface area (Å²) in [4.78, 5) is 16.5. The number of pyridine rings is 1. The molecule has 0 aliphatic carbocycles. The minimum atomic E-state index is -0.382. The zero-order valence-electron chi connectivity index (χ0n) is 17.2. The molecule has 0 unspecified atom stereocenters. The molecule has 2 heterocycles. The molecule has 0 fully saturated rings. The van der Waals surface area contributed by atoms with E-state index in [1.54, 1.807) is 12.4 Å². The van der Waals surface area contributed by atoms with Crippen LogP contribution in [0.15, 0.2) is 72.0 Å². The van der Waals surface area contributed by atoms with Gasteiger partial charge in [0.2, 0.25) is 0 Å². The van der Waals surface area contributed by atoms with Crippen molar-refractivity contribution in [2.24, 2.45) is 5.10 Å². The quantitative estimate of drug-likeness (QED) is 0.371. The van der Waals surface area contributed by atoms with Crippen molar-refractivity contribution in [1.29, 1.82) is 0 Å². The van der Waals surface area contributed by atoms with Gasteiger partial charge in [0.05, 0.1) is 11.7 Å². The fourth-order valence-corrected chi connectivity index (χ4v) is 3.56. The predicted octanol–water partition coefficient (Wildman–Crippen LogP) is 5.11. The summed E-state index contributed by atoms with van der Waals surface area (Å²) < 4.78 is 2.17. The second kappa shape index (κ2) is 8.21. The first-order valence-electron chi connectivity index (χ1n) is 9.72. The maximum absolute atomic E-state index is 12.1. The van der Waals surface area contributed by atoms with Crippen molar-refractivity contribution in [2.45, 2.75) is 20.8 Å². The van der Waals surface area contributed by atoms with Crippen molar-refractivity contribution in [1.82, 2.24) is 15.0 Å². The summed E-state index contributed by atoms with van der Waals surface area (Å²) >= 11 is 0. The molecule has 0 bridgehead atoms. The van der Waals surface area contributed by atoms with Gasteiger partial charge in [-0.3, -0.25) is 4.98 Å². The Balaban J connectivity index is 1.50. The number of anilines is 1. The van der Waals surface area contributed by atoms with Gasteiger partial charge in [0.25, 0.3) is 0 Å². The molecule has 0 saturated carbocycles. The lowest BCUT2D eigenvalue weighted by Gasteiger charge is -2.10. The molecule has 4 rings (SSSR count). The average molecular weight is 397 g/mol. The van der Waals surface area contributed by atoms with E-state index in [-0.39, 0.29) is 6.03 Å². The molecular formula is C24H23N5O. The van der Waals surface area contributed by atoms with E-state index in [1.807, 2.05) is 56.3 Å². The lowest BCUT2D eigenvalue weighted by Crippen LogP contribution is -2.24. The van der Waals surface area contributed by atoms with E-state index >= 15 is 0 Å². The van der Waals surface area contributed by atoms with E-state index in [4.69, 9.17) is 0 Å². The SMILES string of the molecule is Cc1cccc(NC(=O)N/N=C/c2cc(C)n(-c3ccc4ncccc4c3)c2C)c1. The topological polar surface area (TPSA) is 71.3 Å². The highest BCUT2D eigenvalue weighted by Gasteiger charge is 2.10. The maximum atomic E-state index is 12.1. The fourth-order valence-electron chi connectivity index (χ4n) is 3.56. The van der Waals surface area contributed by atoms with Crippen molar-refractivity contribution in [2.75, 3.05) is 5.32 Å². The predicted molar refractivity (Wildman–Crippen MR) is 121 cm³/mol. The Labute approximate surface area is 175 Å². The summed E-state index contributed by atoms with van der Waals surface area (Å²) in [6, 6.07) is 19.5. The monoisotopic (exact) mass is 397 g/mol. The Morgan fingerprint density at radius 3 is 2.73 bits per heavy atom. The van der Waals surface area contributed by atoms with Crippen LogP contribution >= 0.6 is 0 Å². The molecule has 2 amide bonds. The van der Waals surface area contributed by atoms with Crippen molar-refractivity contribution in [3.05, 3.63) is 89.4 Å². The fraction of sp³-hybridized carbons (Fsp3) is 0.125. The van der Waals surface area contributed by atoms with Crippen molar-refractivity contribution >= 4 is 28.8 Å². The van der Waals surface area contributed by atoms with E-state index in [1.165, 1.54) is 0 Å². The number of carbonyl (C=O) groups excluding carboxylic acids is 1. The molecule has 2 N–H and O–H groups in total. The van der Waals surface area contributed by atoms with Gasteiger partial charge in [-0.05, 0) is 68.8 Å². The highest BCUT2D eigenvalue weighted by molar-refractivity contribution is 5.90. The van der Waals surface area contributed by atoms with Gasteiger partial charge in [0.1, 0.15) is 0 Å². The van der Waals surface area contributed by atoms with E-state index in [9.17, 15) is 4.79 Å². The second-order valence-corrected chi connectivity index (χ2v) is 7.24. The van der Waals surface area contributed by atoms with Crippen LogP contribution in [0.5, 0.6) is 0 Å². The Morgan fingerprint density at radius 1 is 1.03 bits per heavy atom. The third-order valence-electron chi connectivity index (χ3n) is 4.96. The summed E-state index contributed by atoms with van der Waals surface area (Å²) in [7, 11) is 0.